The Morgan fingerprint density at radius 3 is 2.63 bits per heavy atom. The molecule has 0 aliphatic heterocycles. The van der Waals surface area contributed by atoms with Crippen molar-refractivity contribution in [2.45, 2.75) is 32.2 Å². The van der Waals surface area contributed by atoms with Crippen LogP contribution in [-0.2, 0) is 6.42 Å². The summed E-state index contributed by atoms with van der Waals surface area (Å²) in [5.74, 6) is 0.133. The van der Waals surface area contributed by atoms with Crippen molar-refractivity contribution in [2.24, 2.45) is 5.92 Å². The third kappa shape index (κ3) is 3.67. The maximum atomic E-state index is 12.1. The van der Waals surface area contributed by atoms with Crippen LogP contribution in [0.5, 0.6) is 0 Å². The molecule has 3 nitrogen and oxygen atoms in total. The van der Waals surface area contributed by atoms with Crippen LogP contribution in [0.3, 0.4) is 0 Å². The number of hydrogen-bond donors (Lipinski definition) is 2. The largest absolute Gasteiger partial charge is 0.396 e. The molecule has 19 heavy (non-hydrogen) atoms. The Balaban J connectivity index is 1.91. The van der Waals surface area contributed by atoms with Crippen molar-refractivity contribution in [1.82, 2.24) is 5.32 Å². The molecule has 2 N–H and O–H groups in total. The van der Waals surface area contributed by atoms with Gasteiger partial charge >= 0.3 is 0 Å². The third-order valence-corrected chi connectivity index (χ3v) is 3.48. The van der Waals surface area contributed by atoms with Crippen LogP contribution in [0.2, 0.25) is 0 Å². The highest BCUT2D eigenvalue weighted by Gasteiger charge is 2.20. The molecule has 1 aromatic rings. The second-order valence-corrected chi connectivity index (χ2v) is 5.09. The summed E-state index contributed by atoms with van der Waals surface area (Å²) in [6, 6.07) is 7.82. The molecule has 1 amide bonds. The maximum Gasteiger partial charge on any atom is 0.251 e. The Morgan fingerprint density at radius 2 is 2.05 bits per heavy atom. The van der Waals surface area contributed by atoms with Gasteiger partial charge in [0.15, 0.2) is 0 Å². The van der Waals surface area contributed by atoms with E-state index in [2.05, 4.69) is 12.2 Å². The van der Waals surface area contributed by atoms with Crippen molar-refractivity contribution in [2.75, 3.05) is 6.61 Å². The highest BCUT2D eigenvalue weighted by Crippen LogP contribution is 2.17. The molecule has 1 aromatic carbocycles. The second-order valence-electron chi connectivity index (χ2n) is 5.09. The molecule has 0 bridgehead atoms. The molecule has 3 heteroatoms. The van der Waals surface area contributed by atoms with Crippen LogP contribution in [-0.4, -0.2) is 23.7 Å². The Morgan fingerprint density at radius 1 is 1.32 bits per heavy atom. The van der Waals surface area contributed by atoms with Crippen LogP contribution in [0, 0.1) is 5.92 Å². The van der Waals surface area contributed by atoms with Gasteiger partial charge in [0.1, 0.15) is 0 Å². The zero-order valence-electron chi connectivity index (χ0n) is 11.3. The van der Waals surface area contributed by atoms with E-state index in [0.29, 0.717) is 5.56 Å². The summed E-state index contributed by atoms with van der Waals surface area (Å²) in [6.07, 6.45) is 6.88. The first-order chi connectivity index (χ1) is 9.22. The average Bonchev–Trinajstić information content (AvgIpc) is 2.87. The summed E-state index contributed by atoms with van der Waals surface area (Å²) >= 11 is 0. The molecule has 0 unspecified atom stereocenters. The standard InChI is InChI=1S/C16H21NO2/c1-2-3-12-4-7-14(8-5-12)16(19)17-15-9-6-13(10-15)11-18/h4-9,13,15,18H,2-3,10-11H2,1H3,(H,17,19)/t13-,15+/m0/s1. The highest BCUT2D eigenvalue weighted by molar-refractivity contribution is 5.94. The summed E-state index contributed by atoms with van der Waals surface area (Å²) in [6.45, 7) is 2.29. The summed E-state index contributed by atoms with van der Waals surface area (Å²) in [5, 5.41) is 12.0. The normalized spacial score (nSPS) is 21.6. The maximum absolute atomic E-state index is 12.1. The lowest BCUT2D eigenvalue weighted by molar-refractivity contribution is 0.0941. The number of benzene rings is 1. The number of nitrogens with one attached hydrogen (secondary N) is 1. The first-order valence-electron chi connectivity index (χ1n) is 6.92. The predicted octanol–water partition coefficient (Wildman–Crippen LogP) is 2.31. The predicted molar refractivity (Wildman–Crippen MR) is 76.0 cm³/mol. The fourth-order valence-corrected chi connectivity index (χ4v) is 2.38. The molecule has 0 saturated carbocycles. The van der Waals surface area contributed by atoms with E-state index in [0.717, 1.165) is 19.3 Å². The van der Waals surface area contributed by atoms with E-state index in [1.54, 1.807) is 0 Å². The van der Waals surface area contributed by atoms with Crippen LogP contribution < -0.4 is 5.32 Å². The van der Waals surface area contributed by atoms with Crippen molar-refractivity contribution in [3.05, 3.63) is 47.5 Å². The van der Waals surface area contributed by atoms with E-state index in [-0.39, 0.29) is 24.5 Å². The van der Waals surface area contributed by atoms with Crippen molar-refractivity contribution in [3.8, 4) is 0 Å². The zero-order valence-corrected chi connectivity index (χ0v) is 11.3. The summed E-state index contributed by atoms with van der Waals surface area (Å²) < 4.78 is 0. The quantitative estimate of drug-likeness (QED) is 0.797. The van der Waals surface area contributed by atoms with E-state index in [9.17, 15) is 4.79 Å². The number of aliphatic hydroxyl groups is 1. The van der Waals surface area contributed by atoms with Gasteiger partial charge in [0.2, 0.25) is 0 Å². The highest BCUT2D eigenvalue weighted by atomic mass is 16.3. The molecule has 102 valence electrons. The minimum atomic E-state index is -0.0451. The van der Waals surface area contributed by atoms with Crippen molar-refractivity contribution >= 4 is 5.91 Å². The van der Waals surface area contributed by atoms with Crippen LogP contribution in [0.1, 0.15) is 35.7 Å². The first kappa shape index (κ1) is 13.8. The van der Waals surface area contributed by atoms with Gasteiger partial charge in [-0.05, 0) is 30.5 Å². The Labute approximate surface area is 114 Å². The molecule has 0 aromatic heterocycles. The van der Waals surface area contributed by atoms with Gasteiger partial charge in [0.25, 0.3) is 5.91 Å². The Kier molecular flexibility index (Phi) is 4.74. The fourth-order valence-electron chi connectivity index (χ4n) is 2.38. The minimum absolute atomic E-state index is 0.0416. The van der Waals surface area contributed by atoms with Crippen LogP contribution in [0.25, 0.3) is 0 Å². The minimum Gasteiger partial charge on any atom is -0.396 e. The number of aliphatic hydroxyl groups excluding tert-OH is 1. The monoisotopic (exact) mass is 259 g/mol. The van der Waals surface area contributed by atoms with E-state index >= 15 is 0 Å². The molecule has 0 radical (unpaired) electrons. The van der Waals surface area contributed by atoms with Crippen molar-refractivity contribution < 1.29 is 9.90 Å². The lowest BCUT2D eigenvalue weighted by Gasteiger charge is -2.13. The number of carbonyl (C=O) groups is 1. The molecule has 0 fully saturated rings. The number of rotatable bonds is 5. The van der Waals surface area contributed by atoms with Crippen LogP contribution in [0.4, 0.5) is 0 Å². The summed E-state index contributed by atoms with van der Waals surface area (Å²) in [5.41, 5.74) is 1.96. The van der Waals surface area contributed by atoms with Gasteiger partial charge < -0.3 is 10.4 Å². The van der Waals surface area contributed by atoms with Gasteiger partial charge in [0, 0.05) is 24.1 Å². The van der Waals surface area contributed by atoms with Gasteiger partial charge in [-0.3, -0.25) is 4.79 Å². The summed E-state index contributed by atoms with van der Waals surface area (Å²) in [4.78, 5) is 12.1. The Hall–Kier alpha value is -1.61. The smallest absolute Gasteiger partial charge is 0.251 e. The van der Waals surface area contributed by atoms with Gasteiger partial charge in [-0.2, -0.15) is 0 Å². The SMILES string of the molecule is CCCc1ccc(C(=O)N[C@@H]2C=C[C@H](CO)C2)cc1. The molecule has 0 heterocycles. The zero-order chi connectivity index (χ0) is 13.7. The molecule has 2 atom stereocenters. The van der Waals surface area contributed by atoms with E-state index in [1.165, 1.54) is 5.56 Å². The third-order valence-electron chi connectivity index (χ3n) is 3.48. The van der Waals surface area contributed by atoms with Gasteiger partial charge in [-0.15, -0.1) is 0 Å². The Bertz CT molecular complexity index is 450. The first-order valence-corrected chi connectivity index (χ1v) is 6.92. The molecule has 1 aliphatic carbocycles. The number of aryl methyl sites for hydroxylation is 1. The van der Waals surface area contributed by atoms with Crippen LogP contribution >= 0.6 is 0 Å². The van der Waals surface area contributed by atoms with Crippen LogP contribution in [0.15, 0.2) is 36.4 Å². The van der Waals surface area contributed by atoms with Crippen molar-refractivity contribution in [1.29, 1.82) is 0 Å². The van der Waals surface area contributed by atoms with Gasteiger partial charge in [-0.25, -0.2) is 0 Å². The fraction of sp³-hybridized carbons (Fsp3) is 0.438. The molecule has 1 aliphatic rings. The summed E-state index contributed by atoms with van der Waals surface area (Å²) in [7, 11) is 0. The molecular weight excluding hydrogens is 238 g/mol. The second kappa shape index (κ2) is 6.53. The number of amides is 1. The van der Waals surface area contributed by atoms with E-state index in [1.807, 2.05) is 36.4 Å². The topological polar surface area (TPSA) is 49.3 Å². The lowest BCUT2D eigenvalue weighted by atomic mass is 10.1. The van der Waals surface area contributed by atoms with Gasteiger partial charge in [0.05, 0.1) is 0 Å². The molecule has 0 spiro atoms. The number of hydrogen-bond acceptors (Lipinski definition) is 2. The number of carbonyl (C=O) groups excluding carboxylic acids is 1. The molecule has 2 rings (SSSR count). The van der Waals surface area contributed by atoms with Crippen molar-refractivity contribution in [3.63, 3.8) is 0 Å². The molecule has 0 saturated heterocycles. The van der Waals surface area contributed by atoms with E-state index < -0.39 is 0 Å². The van der Waals surface area contributed by atoms with Gasteiger partial charge in [-0.1, -0.05) is 37.6 Å². The average molecular weight is 259 g/mol. The van der Waals surface area contributed by atoms with E-state index in [4.69, 9.17) is 5.11 Å². The molecular formula is C16H21NO2. The lowest BCUT2D eigenvalue weighted by Crippen LogP contribution is -2.32.